The summed E-state index contributed by atoms with van der Waals surface area (Å²) in [6.45, 7) is 0. The van der Waals surface area contributed by atoms with E-state index in [0.29, 0.717) is 18.7 Å². The van der Waals surface area contributed by atoms with Crippen LogP contribution < -0.4 is 5.73 Å². The molecule has 1 aliphatic heterocycles. The summed E-state index contributed by atoms with van der Waals surface area (Å²) in [4.78, 5) is 8.18. The molecule has 16 heavy (non-hydrogen) atoms. The molecule has 0 bridgehead atoms. The zero-order chi connectivity index (χ0) is 11.8. The van der Waals surface area contributed by atoms with Gasteiger partial charge < -0.3 is 5.73 Å². The van der Waals surface area contributed by atoms with E-state index in [4.69, 9.17) is 5.73 Å². The molecule has 1 saturated heterocycles. The van der Waals surface area contributed by atoms with E-state index >= 15 is 0 Å². The standard InChI is InChI=1S/C9H12BrN3O2S/c10-7-4-12-8(13-5-7)9(11)2-1-3-16(14,15)6-9/h4-5H,1-3,6,11H2. The van der Waals surface area contributed by atoms with Crippen LogP contribution in [0.3, 0.4) is 0 Å². The summed E-state index contributed by atoms with van der Waals surface area (Å²) in [5.41, 5.74) is 5.15. The minimum absolute atomic E-state index is 0.0678. The predicted molar refractivity (Wildman–Crippen MR) is 63.5 cm³/mol. The molecule has 0 spiro atoms. The van der Waals surface area contributed by atoms with Crippen molar-refractivity contribution in [1.29, 1.82) is 0 Å². The van der Waals surface area contributed by atoms with Gasteiger partial charge in [0.2, 0.25) is 0 Å². The van der Waals surface area contributed by atoms with E-state index in [0.717, 1.165) is 4.47 Å². The van der Waals surface area contributed by atoms with Crippen LogP contribution in [0.1, 0.15) is 18.7 Å². The van der Waals surface area contributed by atoms with Crippen molar-refractivity contribution in [2.45, 2.75) is 18.4 Å². The molecule has 0 amide bonds. The number of sulfone groups is 1. The Morgan fingerprint density at radius 1 is 1.38 bits per heavy atom. The van der Waals surface area contributed by atoms with Crippen molar-refractivity contribution >= 4 is 25.8 Å². The van der Waals surface area contributed by atoms with Crippen LogP contribution in [0.5, 0.6) is 0 Å². The van der Waals surface area contributed by atoms with Crippen LogP contribution in [0, 0.1) is 0 Å². The zero-order valence-corrected chi connectivity index (χ0v) is 11.0. The van der Waals surface area contributed by atoms with Crippen LogP contribution in [0.4, 0.5) is 0 Å². The summed E-state index contributed by atoms with van der Waals surface area (Å²) < 4.78 is 23.9. The molecule has 7 heteroatoms. The van der Waals surface area contributed by atoms with Crippen LogP contribution in [-0.4, -0.2) is 29.9 Å². The van der Waals surface area contributed by atoms with Crippen LogP contribution in [-0.2, 0) is 15.4 Å². The summed E-state index contributed by atoms with van der Waals surface area (Å²) >= 11 is 3.23. The molecule has 1 aliphatic rings. The highest BCUT2D eigenvalue weighted by atomic mass is 79.9. The molecular formula is C9H12BrN3O2S. The van der Waals surface area contributed by atoms with E-state index in [-0.39, 0.29) is 11.5 Å². The largest absolute Gasteiger partial charge is 0.318 e. The maximum absolute atomic E-state index is 11.6. The topological polar surface area (TPSA) is 85.9 Å². The molecule has 0 aliphatic carbocycles. The maximum atomic E-state index is 11.6. The normalized spacial score (nSPS) is 28.9. The SMILES string of the molecule is NC1(c2ncc(Br)cn2)CCCS(=O)(=O)C1. The Kier molecular flexibility index (Phi) is 3.02. The number of hydrogen-bond acceptors (Lipinski definition) is 5. The molecule has 1 unspecified atom stereocenters. The Morgan fingerprint density at radius 3 is 2.56 bits per heavy atom. The van der Waals surface area contributed by atoms with E-state index in [1.807, 2.05) is 0 Å². The molecule has 2 heterocycles. The molecule has 0 radical (unpaired) electrons. The van der Waals surface area contributed by atoms with Crippen molar-refractivity contribution in [3.63, 3.8) is 0 Å². The highest BCUT2D eigenvalue weighted by molar-refractivity contribution is 9.10. The van der Waals surface area contributed by atoms with Crippen molar-refractivity contribution in [3.05, 3.63) is 22.7 Å². The Balaban J connectivity index is 2.35. The summed E-state index contributed by atoms with van der Waals surface area (Å²) in [5, 5.41) is 0. The molecule has 2 N–H and O–H groups in total. The fourth-order valence-electron chi connectivity index (χ4n) is 1.89. The molecule has 88 valence electrons. The minimum Gasteiger partial charge on any atom is -0.318 e. The molecule has 5 nitrogen and oxygen atoms in total. The van der Waals surface area contributed by atoms with Crippen molar-refractivity contribution in [3.8, 4) is 0 Å². The van der Waals surface area contributed by atoms with Crippen LogP contribution in [0.25, 0.3) is 0 Å². The number of aromatic nitrogens is 2. The van der Waals surface area contributed by atoms with Gasteiger partial charge in [-0.25, -0.2) is 18.4 Å². The Morgan fingerprint density at radius 2 is 2.00 bits per heavy atom. The van der Waals surface area contributed by atoms with Gasteiger partial charge in [-0.05, 0) is 28.8 Å². The second-order valence-corrected chi connectivity index (χ2v) is 7.18. The fourth-order valence-corrected chi connectivity index (χ4v) is 3.88. The van der Waals surface area contributed by atoms with Crippen LogP contribution in [0.2, 0.25) is 0 Å². The first-order chi connectivity index (χ1) is 7.41. The summed E-state index contributed by atoms with van der Waals surface area (Å²) in [6, 6.07) is 0. The lowest BCUT2D eigenvalue weighted by atomic mass is 9.96. The first kappa shape index (κ1) is 11.9. The van der Waals surface area contributed by atoms with Gasteiger partial charge in [0.05, 0.1) is 21.5 Å². The number of nitrogens with zero attached hydrogens (tertiary/aromatic N) is 2. The minimum atomic E-state index is -3.07. The molecule has 1 aromatic heterocycles. The van der Waals surface area contributed by atoms with Gasteiger partial charge in [-0.1, -0.05) is 0 Å². The van der Waals surface area contributed by atoms with Gasteiger partial charge in [-0.15, -0.1) is 0 Å². The molecular weight excluding hydrogens is 294 g/mol. The number of halogens is 1. The second kappa shape index (κ2) is 4.05. The first-order valence-corrected chi connectivity index (χ1v) is 7.50. The fraction of sp³-hybridized carbons (Fsp3) is 0.556. The highest BCUT2D eigenvalue weighted by Gasteiger charge is 2.39. The molecule has 0 saturated carbocycles. The number of rotatable bonds is 1. The molecule has 0 aromatic carbocycles. The van der Waals surface area contributed by atoms with E-state index in [9.17, 15) is 8.42 Å². The number of nitrogens with two attached hydrogens (primary N) is 1. The third-order valence-electron chi connectivity index (χ3n) is 2.62. The smallest absolute Gasteiger partial charge is 0.152 e. The Labute approximate surface area is 103 Å². The van der Waals surface area contributed by atoms with Crippen LogP contribution >= 0.6 is 15.9 Å². The van der Waals surface area contributed by atoms with Gasteiger partial charge in [0.25, 0.3) is 0 Å². The van der Waals surface area contributed by atoms with E-state index in [1.165, 1.54) is 0 Å². The highest BCUT2D eigenvalue weighted by Crippen LogP contribution is 2.28. The average Bonchev–Trinajstić information content (AvgIpc) is 2.16. The van der Waals surface area contributed by atoms with Crippen LogP contribution in [0.15, 0.2) is 16.9 Å². The van der Waals surface area contributed by atoms with E-state index < -0.39 is 15.4 Å². The molecule has 1 aromatic rings. The number of hydrogen-bond donors (Lipinski definition) is 1. The first-order valence-electron chi connectivity index (χ1n) is 4.89. The van der Waals surface area contributed by atoms with Gasteiger partial charge >= 0.3 is 0 Å². The molecule has 1 fully saturated rings. The summed E-state index contributed by atoms with van der Waals surface area (Å²) in [7, 11) is -3.07. The maximum Gasteiger partial charge on any atom is 0.152 e. The van der Waals surface area contributed by atoms with E-state index in [2.05, 4.69) is 25.9 Å². The van der Waals surface area contributed by atoms with Crippen molar-refractivity contribution < 1.29 is 8.42 Å². The second-order valence-electron chi connectivity index (χ2n) is 4.08. The quantitative estimate of drug-likeness (QED) is 0.821. The van der Waals surface area contributed by atoms with Gasteiger partial charge in [-0.2, -0.15) is 0 Å². The van der Waals surface area contributed by atoms with Crippen molar-refractivity contribution in [2.75, 3.05) is 11.5 Å². The van der Waals surface area contributed by atoms with Gasteiger partial charge in [0, 0.05) is 12.4 Å². The monoisotopic (exact) mass is 305 g/mol. The van der Waals surface area contributed by atoms with Gasteiger partial charge in [0.15, 0.2) is 9.84 Å². The van der Waals surface area contributed by atoms with Gasteiger partial charge in [0.1, 0.15) is 5.82 Å². The van der Waals surface area contributed by atoms with E-state index in [1.54, 1.807) is 12.4 Å². The lowest BCUT2D eigenvalue weighted by Gasteiger charge is -2.31. The predicted octanol–water partition coefficient (Wildman–Crippen LogP) is 0.602. The molecule has 2 rings (SSSR count). The average molecular weight is 306 g/mol. The molecule has 1 atom stereocenters. The van der Waals surface area contributed by atoms with Crippen molar-refractivity contribution in [1.82, 2.24) is 9.97 Å². The Hall–Kier alpha value is -0.530. The van der Waals surface area contributed by atoms with Gasteiger partial charge in [-0.3, -0.25) is 0 Å². The summed E-state index contributed by atoms with van der Waals surface area (Å²) in [6.07, 6.45) is 4.34. The summed E-state index contributed by atoms with van der Waals surface area (Å²) in [5.74, 6) is 0.545. The third-order valence-corrected chi connectivity index (χ3v) is 4.90. The lowest BCUT2D eigenvalue weighted by Crippen LogP contribution is -2.48. The third kappa shape index (κ3) is 2.41. The Bertz CT molecular complexity index is 488. The lowest BCUT2D eigenvalue weighted by molar-refractivity contribution is 0.401. The zero-order valence-electron chi connectivity index (χ0n) is 8.56. The van der Waals surface area contributed by atoms with Crippen molar-refractivity contribution in [2.24, 2.45) is 5.73 Å².